The highest BCUT2D eigenvalue weighted by Gasteiger charge is 2.25. The van der Waals surface area contributed by atoms with E-state index in [1.54, 1.807) is 6.07 Å². The van der Waals surface area contributed by atoms with Crippen LogP contribution in [-0.4, -0.2) is 29.9 Å². The van der Waals surface area contributed by atoms with Crippen molar-refractivity contribution in [1.29, 1.82) is 0 Å². The van der Waals surface area contributed by atoms with E-state index < -0.39 is 5.82 Å². The minimum atomic E-state index is -0.447. The SMILES string of the molecule is CC1OCCC1NC(=O)NCc1ccc(F)c(CO)c1. The van der Waals surface area contributed by atoms with Gasteiger partial charge < -0.3 is 20.5 Å². The number of aliphatic hydroxyl groups is 1. The van der Waals surface area contributed by atoms with Crippen molar-refractivity contribution in [2.45, 2.75) is 38.6 Å². The van der Waals surface area contributed by atoms with Gasteiger partial charge in [-0.2, -0.15) is 0 Å². The van der Waals surface area contributed by atoms with Crippen molar-refractivity contribution < 1.29 is 19.0 Å². The summed E-state index contributed by atoms with van der Waals surface area (Å²) in [6.07, 6.45) is 0.826. The van der Waals surface area contributed by atoms with Gasteiger partial charge in [-0.3, -0.25) is 0 Å². The van der Waals surface area contributed by atoms with Gasteiger partial charge in [0.05, 0.1) is 18.8 Å². The molecule has 0 radical (unpaired) electrons. The summed E-state index contributed by atoms with van der Waals surface area (Å²) < 4.78 is 18.6. The second-order valence-electron chi connectivity index (χ2n) is 4.88. The monoisotopic (exact) mass is 282 g/mol. The summed E-state index contributed by atoms with van der Waals surface area (Å²) in [6, 6.07) is 4.15. The number of rotatable bonds is 4. The molecule has 0 saturated carbocycles. The van der Waals surface area contributed by atoms with Crippen molar-refractivity contribution in [3.63, 3.8) is 0 Å². The first kappa shape index (κ1) is 14.7. The van der Waals surface area contributed by atoms with E-state index in [-0.39, 0.29) is 36.9 Å². The lowest BCUT2D eigenvalue weighted by atomic mass is 10.1. The molecule has 1 saturated heterocycles. The predicted molar refractivity (Wildman–Crippen MR) is 71.5 cm³/mol. The molecular formula is C14H19FN2O3. The van der Waals surface area contributed by atoms with Gasteiger partial charge >= 0.3 is 6.03 Å². The molecule has 1 aliphatic heterocycles. The number of hydrogen-bond donors (Lipinski definition) is 3. The van der Waals surface area contributed by atoms with Crippen LogP contribution in [0.3, 0.4) is 0 Å². The van der Waals surface area contributed by atoms with Gasteiger partial charge in [-0.15, -0.1) is 0 Å². The van der Waals surface area contributed by atoms with Crippen LogP contribution in [0.1, 0.15) is 24.5 Å². The van der Waals surface area contributed by atoms with Crippen LogP contribution in [0.25, 0.3) is 0 Å². The molecule has 1 aromatic carbocycles. The lowest BCUT2D eigenvalue weighted by molar-refractivity contribution is 0.114. The molecule has 1 aliphatic rings. The lowest BCUT2D eigenvalue weighted by Gasteiger charge is -2.16. The first-order valence-corrected chi connectivity index (χ1v) is 6.64. The predicted octanol–water partition coefficient (Wildman–Crippen LogP) is 1.29. The number of carbonyl (C=O) groups is 1. The Hall–Kier alpha value is -1.66. The first-order valence-electron chi connectivity index (χ1n) is 6.64. The number of nitrogens with one attached hydrogen (secondary N) is 2. The Morgan fingerprint density at radius 2 is 2.35 bits per heavy atom. The minimum absolute atomic E-state index is 0.0209. The maximum absolute atomic E-state index is 13.2. The Labute approximate surface area is 117 Å². The Morgan fingerprint density at radius 1 is 1.55 bits per heavy atom. The lowest BCUT2D eigenvalue weighted by Crippen LogP contribution is -2.44. The number of halogens is 1. The molecule has 1 fully saturated rings. The summed E-state index contributed by atoms with van der Waals surface area (Å²) in [7, 11) is 0. The maximum Gasteiger partial charge on any atom is 0.315 e. The summed E-state index contributed by atoms with van der Waals surface area (Å²) in [5.41, 5.74) is 0.962. The minimum Gasteiger partial charge on any atom is -0.392 e. The van der Waals surface area contributed by atoms with Gasteiger partial charge in [-0.25, -0.2) is 9.18 Å². The van der Waals surface area contributed by atoms with E-state index in [4.69, 9.17) is 9.84 Å². The molecule has 20 heavy (non-hydrogen) atoms. The third kappa shape index (κ3) is 3.68. The molecule has 3 N–H and O–H groups in total. The summed E-state index contributed by atoms with van der Waals surface area (Å²) in [5.74, 6) is -0.447. The zero-order valence-corrected chi connectivity index (χ0v) is 11.4. The molecule has 1 aromatic rings. The molecule has 2 amide bonds. The van der Waals surface area contributed by atoms with Crippen LogP contribution in [0.2, 0.25) is 0 Å². The van der Waals surface area contributed by atoms with Gasteiger partial charge in [0.1, 0.15) is 5.82 Å². The van der Waals surface area contributed by atoms with Crippen molar-refractivity contribution in [1.82, 2.24) is 10.6 Å². The molecule has 0 bridgehead atoms. The van der Waals surface area contributed by atoms with Crippen molar-refractivity contribution in [2.24, 2.45) is 0 Å². The van der Waals surface area contributed by atoms with E-state index in [2.05, 4.69) is 10.6 Å². The molecule has 5 nitrogen and oxygen atoms in total. The Kier molecular flexibility index (Phi) is 4.92. The number of ether oxygens (including phenoxy) is 1. The highest BCUT2D eigenvalue weighted by Crippen LogP contribution is 2.13. The van der Waals surface area contributed by atoms with Crippen LogP contribution >= 0.6 is 0 Å². The maximum atomic E-state index is 13.2. The Balaban J connectivity index is 1.84. The van der Waals surface area contributed by atoms with Gasteiger partial charge in [0, 0.05) is 18.7 Å². The van der Waals surface area contributed by atoms with Crippen LogP contribution in [0.15, 0.2) is 18.2 Å². The molecule has 2 atom stereocenters. The molecule has 2 rings (SSSR count). The van der Waals surface area contributed by atoms with Crippen molar-refractivity contribution in [3.8, 4) is 0 Å². The van der Waals surface area contributed by atoms with E-state index >= 15 is 0 Å². The summed E-state index contributed by atoms with van der Waals surface area (Å²) >= 11 is 0. The number of hydrogen-bond acceptors (Lipinski definition) is 3. The fraction of sp³-hybridized carbons (Fsp3) is 0.500. The van der Waals surface area contributed by atoms with E-state index in [1.165, 1.54) is 12.1 Å². The number of carbonyl (C=O) groups excluding carboxylic acids is 1. The molecule has 0 aromatic heterocycles. The zero-order chi connectivity index (χ0) is 14.5. The van der Waals surface area contributed by atoms with Crippen LogP contribution in [0, 0.1) is 5.82 Å². The zero-order valence-electron chi connectivity index (χ0n) is 11.4. The molecule has 2 unspecified atom stereocenters. The summed E-state index contributed by atoms with van der Waals surface area (Å²) in [6.45, 7) is 2.50. The van der Waals surface area contributed by atoms with Crippen molar-refractivity contribution in [2.75, 3.05) is 6.61 Å². The summed E-state index contributed by atoms with van der Waals surface area (Å²) in [5, 5.41) is 14.5. The largest absolute Gasteiger partial charge is 0.392 e. The number of aliphatic hydroxyl groups excluding tert-OH is 1. The van der Waals surface area contributed by atoms with E-state index in [0.29, 0.717) is 6.61 Å². The molecule has 0 aliphatic carbocycles. The third-order valence-electron chi connectivity index (χ3n) is 3.43. The van der Waals surface area contributed by atoms with Gasteiger partial charge in [-0.05, 0) is 31.0 Å². The standard InChI is InChI=1S/C14H19FN2O3/c1-9-13(4-5-20-9)17-14(19)16-7-10-2-3-12(15)11(6-10)8-18/h2-3,6,9,13,18H,4-5,7-8H2,1H3,(H2,16,17,19). The average Bonchev–Trinajstić information content (AvgIpc) is 2.83. The first-order chi connectivity index (χ1) is 9.60. The molecule has 1 heterocycles. The smallest absolute Gasteiger partial charge is 0.315 e. The third-order valence-corrected chi connectivity index (χ3v) is 3.43. The Bertz CT molecular complexity index is 481. The highest BCUT2D eigenvalue weighted by molar-refractivity contribution is 5.74. The topological polar surface area (TPSA) is 70.6 Å². The van der Waals surface area contributed by atoms with Gasteiger partial charge in [-0.1, -0.05) is 6.07 Å². The van der Waals surface area contributed by atoms with Gasteiger partial charge in [0.25, 0.3) is 0 Å². The highest BCUT2D eigenvalue weighted by atomic mass is 19.1. The number of benzene rings is 1. The van der Waals surface area contributed by atoms with Crippen LogP contribution in [0.4, 0.5) is 9.18 Å². The Morgan fingerprint density at radius 3 is 3.00 bits per heavy atom. The van der Waals surface area contributed by atoms with Crippen LogP contribution in [-0.2, 0) is 17.9 Å². The molecule has 110 valence electrons. The molecule has 0 spiro atoms. The second kappa shape index (κ2) is 6.67. The number of amides is 2. The van der Waals surface area contributed by atoms with Crippen LogP contribution in [0.5, 0.6) is 0 Å². The van der Waals surface area contributed by atoms with E-state index in [9.17, 15) is 9.18 Å². The van der Waals surface area contributed by atoms with Gasteiger partial charge in [0.2, 0.25) is 0 Å². The molecule has 6 heteroatoms. The molecular weight excluding hydrogens is 263 g/mol. The van der Waals surface area contributed by atoms with Crippen molar-refractivity contribution >= 4 is 6.03 Å². The number of urea groups is 1. The average molecular weight is 282 g/mol. The second-order valence-corrected chi connectivity index (χ2v) is 4.88. The van der Waals surface area contributed by atoms with E-state index in [1.807, 2.05) is 6.92 Å². The normalized spacial score (nSPS) is 21.8. The quantitative estimate of drug-likeness (QED) is 0.779. The fourth-order valence-corrected chi connectivity index (χ4v) is 2.18. The fourth-order valence-electron chi connectivity index (χ4n) is 2.18. The van der Waals surface area contributed by atoms with E-state index in [0.717, 1.165) is 12.0 Å². The van der Waals surface area contributed by atoms with Crippen molar-refractivity contribution in [3.05, 3.63) is 35.1 Å². The van der Waals surface area contributed by atoms with Gasteiger partial charge in [0.15, 0.2) is 0 Å². The summed E-state index contributed by atoms with van der Waals surface area (Å²) in [4.78, 5) is 11.7. The van der Waals surface area contributed by atoms with Crippen LogP contribution < -0.4 is 10.6 Å².